The van der Waals surface area contributed by atoms with Gasteiger partial charge in [-0.25, -0.2) is 4.79 Å². The number of hydrogen-bond acceptors (Lipinski definition) is 6. The lowest BCUT2D eigenvalue weighted by Crippen LogP contribution is -2.32. The summed E-state index contributed by atoms with van der Waals surface area (Å²) < 4.78 is 15.7. The first kappa shape index (κ1) is 18.4. The van der Waals surface area contributed by atoms with E-state index in [-0.39, 0.29) is 11.4 Å². The van der Waals surface area contributed by atoms with Crippen LogP contribution in [0.25, 0.3) is 10.8 Å². The Kier molecular flexibility index (Phi) is 5.40. The van der Waals surface area contributed by atoms with Crippen LogP contribution in [0.2, 0.25) is 0 Å². The maximum Gasteiger partial charge on any atom is 0.342 e. The van der Waals surface area contributed by atoms with Gasteiger partial charge in [-0.3, -0.25) is 4.79 Å². The minimum absolute atomic E-state index is 0.264. The molecule has 0 saturated heterocycles. The second kappa shape index (κ2) is 7.90. The predicted molar refractivity (Wildman–Crippen MR) is 99.9 cm³/mol. The summed E-state index contributed by atoms with van der Waals surface area (Å²) in [6, 6.07) is 12.7. The lowest BCUT2D eigenvalue weighted by atomic mass is 10.1. The fourth-order valence-electron chi connectivity index (χ4n) is 2.69. The number of esters is 1. The third-order valence-electron chi connectivity index (χ3n) is 4.08. The second-order valence-electron chi connectivity index (χ2n) is 6.01. The van der Waals surface area contributed by atoms with E-state index in [9.17, 15) is 9.59 Å². The van der Waals surface area contributed by atoms with E-state index >= 15 is 0 Å². The molecule has 0 aliphatic carbocycles. The number of carbonyl (C=O) groups is 2. The van der Waals surface area contributed by atoms with Crippen molar-refractivity contribution < 1.29 is 23.6 Å². The molecule has 0 spiro atoms. The van der Waals surface area contributed by atoms with E-state index in [1.54, 1.807) is 32.0 Å². The lowest BCUT2D eigenvalue weighted by molar-refractivity contribution is -0.124. The van der Waals surface area contributed by atoms with Crippen molar-refractivity contribution in [3.05, 3.63) is 53.8 Å². The highest BCUT2D eigenvalue weighted by Gasteiger charge is 2.25. The van der Waals surface area contributed by atoms with Gasteiger partial charge in [-0.1, -0.05) is 36.3 Å². The van der Waals surface area contributed by atoms with Gasteiger partial charge in [0.2, 0.25) is 0 Å². The van der Waals surface area contributed by atoms with Crippen LogP contribution in [0.4, 0.5) is 5.82 Å². The van der Waals surface area contributed by atoms with Gasteiger partial charge in [-0.05, 0) is 36.2 Å². The Bertz CT molecular complexity index is 979. The Morgan fingerprint density at radius 3 is 2.48 bits per heavy atom. The van der Waals surface area contributed by atoms with Gasteiger partial charge in [0.15, 0.2) is 11.9 Å². The Balaban J connectivity index is 1.80. The van der Waals surface area contributed by atoms with Crippen LogP contribution >= 0.6 is 0 Å². The number of anilines is 1. The summed E-state index contributed by atoms with van der Waals surface area (Å²) in [7, 11) is 1.48. The number of carbonyl (C=O) groups excluding carboxylic acids is 2. The number of nitrogens with zero attached hydrogens (tertiary/aromatic N) is 1. The van der Waals surface area contributed by atoms with E-state index in [0.29, 0.717) is 17.9 Å². The highest BCUT2D eigenvalue weighted by Crippen LogP contribution is 2.27. The Morgan fingerprint density at radius 1 is 1.19 bits per heavy atom. The van der Waals surface area contributed by atoms with E-state index in [1.165, 1.54) is 7.11 Å². The van der Waals surface area contributed by atoms with Crippen molar-refractivity contribution in [2.75, 3.05) is 12.4 Å². The average Bonchev–Trinajstić information content (AvgIpc) is 3.09. The lowest BCUT2D eigenvalue weighted by Gasteiger charge is -2.16. The number of hydrogen-bond donors (Lipinski definition) is 1. The first-order valence-corrected chi connectivity index (χ1v) is 8.53. The summed E-state index contributed by atoms with van der Waals surface area (Å²) in [6.45, 7) is 3.47. The molecule has 27 heavy (non-hydrogen) atoms. The smallest absolute Gasteiger partial charge is 0.342 e. The summed E-state index contributed by atoms with van der Waals surface area (Å²) in [5, 5.41) is 8.10. The van der Waals surface area contributed by atoms with E-state index in [1.807, 2.05) is 24.3 Å². The van der Waals surface area contributed by atoms with Gasteiger partial charge >= 0.3 is 5.97 Å². The molecule has 1 amide bonds. The Hall–Kier alpha value is -3.35. The van der Waals surface area contributed by atoms with Crippen LogP contribution in [0, 0.1) is 6.92 Å². The topological polar surface area (TPSA) is 90.7 Å². The maximum atomic E-state index is 12.7. The van der Waals surface area contributed by atoms with Crippen LogP contribution in [0.5, 0.6) is 5.75 Å². The van der Waals surface area contributed by atoms with Crippen molar-refractivity contribution in [2.24, 2.45) is 0 Å². The Morgan fingerprint density at radius 2 is 1.89 bits per heavy atom. The average molecular weight is 368 g/mol. The molecular formula is C20H20N2O5. The molecule has 2 aromatic carbocycles. The van der Waals surface area contributed by atoms with Gasteiger partial charge < -0.3 is 19.3 Å². The molecule has 0 unspecified atom stereocenters. The van der Waals surface area contributed by atoms with E-state index in [0.717, 1.165) is 10.8 Å². The van der Waals surface area contributed by atoms with Gasteiger partial charge in [0.25, 0.3) is 5.91 Å². The molecular weight excluding hydrogens is 348 g/mol. The third kappa shape index (κ3) is 4.08. The molecule has 1 N–H and O–H groups in total. The van der Waals surface area contributed by atoms with Gasteiger partial charge in [-0.15, -0.1) is 0 Å². The molecule has 0 fully saturated rings. The minimum atomic E-state index is -0.967. The van der Waals surface area contributed by atoms with Gasteiger partial charge in [0.1, 0.15) is 17.1 Å². The fourth-order valence-corrected chi connectivity index (χ4v) is 2.69. The molecule has 3 rings (SSSR count). The molecule has 0 aliphatic heterocycles. The normalized spacial score (nSPS) is 11.8. The van der Waals surface area contributed by atoms with Crippen LogP contribution in [0.15, 0.2) is 47.0 Å². The van der Waals surface area contributed by atoms with Crippen LogP contribution in [-0.2, 0) is 9.53 Å². The van der Waals surface area contributed by atoms with Gasteiger partial charge in [0.05, 0.1) is 7.11 Å². The zero-order chi connectivity index (χ0) is 19.4. The molecule has 7 nitrogen and oxygen atoms in total. The summed E-state index contributed by atoms with van der Waals surface area (Å²) in [6.07, 6.45) is -0.657. The number of amides is 1. The molecule has 7 heteroatoms. The molecule has 0 aliphatic rings. The van der Waals surface area contributed by atoms with Crippen molar-refractivity contribution in [2.45, 2.75) is 26.4 Å². The molecule has 140 valence electrons. The highest BCUT2D eigenvalue weighted by molar-refractivity contribution is 6.01. The van der Waals surface area contributed by atoms with Crippen LogP contribution in [0.1, 0.15) is 29.5 Å². The van der Waals surface area contributed by atoms with E-state index < -0.39 is 18.0 Å². The molecule has 0 bridgehead atoms. The van der Waals surface area contributed by atoms with Crippen molar-refractivity contribution >= 4 is 28.5 Å². The quantitative estimate of drug-likeness (QED) is 0.667. The summed E-state index contributed by atoms with van der Waals surface area (Å²) in [5.41, 5.74) is 0.264. The van der Waals surface area contributed by atoms with Crippen molar-refractivity contribution in [3.8, 4) is 5.75 Å². The molecule has 1 atom stereocenters. The molecule has 1 heterocycles. The number of fused-ring (bicyclic) bond motifs is 1. The molecule has 0 radical (unpaired) electrons. The first-order valence-electron chi connectivity index (χ1n) is 8.53. The number of benzene rings is 2. The summed E-state index contributed by atoms with van der Waals surface area (Å²) >= 11 is 0. The van der Waals surface area contributed by atoms with Gasteiger partial charge in [0, 0.05) is 6.07 Å². The van der Waals surface area contributed by atoms with E-state index in [2.05, 4.69) is 10.5 Å². The van der Waals surface area contributed by atoms with Crippen molar-refractivity contribution in [3.63, 3.8) is 0 Å². The molecule has 0 saturated carbocycles. The maximum absolute atomic E-state index is 12.7. The van der Waals surface area contributed by atoms with Crippen LogP contribution in [-0.4, -0.2) is 30.2 Å². The summed E-state index contributed by atoms with van der Waals surface area (Å²) in [4.78, 5) is 25.1. The highest BCUT2D eigenvalue weighted by atomic mass is 16.5. The third-order valence-corrected chi connectivity index (χ3v) is 4.08. The monoisotopic (exact) mass is 368 g/mol. The number of methoxy groups -OCH3 is 1. The van der Waals surface area contributed by atoms with Gasteiger partial charge in [-0.2, -0.15) is 0 Å². The zero-order valence-electron chi connectivity index (χ0n) is 15.3. The number of aryl methyl sites for hydroxylation is 1. The number of ether oxygens (including phenoxy) is 2. The van der Waals surface area contributed by atoms with Crippen LogP contribution < -0.4 is 10.1 Å². The summed E-state index contributed by atoms with van der Waals surface area (Å²) in [5.74, 6) is 0.127. The number of nitrogens with one attached hydrogen (secondary N) is 1. The Labute approximate surface area is 156 Å². The van der Waals surface area contributed by atoms with E-state index in [4.69, 9.17) is 14.0 Å². The van der Waals surface area contributed by atoms with Crippen molar-refractivity contribution in [1.29, 1.82) is 0 Å². The van der Waals surface area contributed by atoms with Crippen LogP contribution in [0.3, 0.4) is 0 Å². The molecule has 1 aromatic heterocycles. The number of aromatic nitrogens is 1. The first-order chi connectivity index (χ1) is 13.0. The SMILES string of the molecule is CC[C@@H](OC(=O)c1cc2ccccc2cc1OC)C(=O)Nc1cc(C)on1. The van der Waals surface area contributed by atoms with Crippen molar-refractivity contribution in [1.82, 2.24) is 5.16 Å². The minimum Gasteiger partial charge on any atom is -0.496 e. The standard InChI is InChI=1S/C20H20N2O5/c1-4-16(19(23)21-18-9-12(2)27-22-18)26-20(24)15-10-13-7-5-6-8-14(13)11-17(15)25-3/h5-11,16H,4H2,1-3H3,(H,21,22,23)/t16-/m1/s1. The fraction of sp³-hybridized carbons (Fsp3) is 0.250. The number of rotatable bonds is 6. The largest absolute Gasteiger partial charge is 0.496 e. The predicted octanol–water partition coefficient (Wildman–Crippen LogP) is 3.72. The second-order valence-corrected chi connectivity index (χ2v) is 6.01. The molecule has 3 aromatic rings. The zero-order valence-corrected chi connectivity index (χ0v) is 15.3.